The van der Waals surface area contributed by atoms with Crippen molar-refractivity contribution in [3.63, 3.8) is 0 Å². The van der Waals surface area contributed by atoms with E-state index < -0.39 is 0 Å². The zero-order chi connectivity index (χ0) is 16.0. The molecule has 1 aromatic rings. The summed E-state index contributed by atoms with van der Waals surface area (Å²) in [6.45, 7) is 2.31. The Labute approximate surface area is 132 Å². The first-order chi connectivity index (χ1) is 10.6. The van der Waals surface area contributed by atoms with Gasteiger partial charge in [0.1, 0.15) is 5.75 Å². The second-order valence-electron chi connectivity index (χ2n) is 6.13. The third kappa shape index (κ3) is 3.91. The highest BCUT2D eigenvalue weighted by molar-refractivity contribution is 5.74. The molecule has 5 nitrogen and oxygen atoms in total. The fourth-order valence-electron chi connectivity index (χ4n) is 3.14. The third-order valence-corrected chi connectivity index (χ3v) is 4.48. The molecule has 1 aromatic carbocycles. The van der Waals surface area contributed by atoms with Gasteiger partial charge in [-0.05, 0) is 37.5 Å². The Kier molecular flexibility index (Phi) is 5.66. The molecule has 122 valence electrons. The van der Waals surface area contributed by atoms with Gasteiger partial charge in [0.15, 0.2) is 0 Å². The van der Waals surface area contributed by atoms with Gasteiger partial charge >= 0.3 is 6.03 Å². The lowest BCUT2D eigenvalue weighted by Crippen LogP contribution is -2.47. The van der Waals surface area contributed by atoms with Crippen LogP contribution in [0, 0.1) is 0 Å². The first-order valence-electron chi connectivity index (χ1n) is 7.89. The van der Waals surface area contributed by atoms with E-state index >= 15 is 0 Å². The molecule has 1 unspecified atom stereocenters. The molecule has 1 fully saturated rings. The fraction of sp³-hybridized carbons (Fsp3) is 0.588. The molecule has 0 spiro atoms. The summed E-state index contributed by atoms with van der Waals surface area (Å²) in [7, 11) is 1.67. The lowest BCUT2D eigenvalue weighted by atomic mass is 9.78. The lowest BCUT2D eigenvalue weighted by Gasteiger charge is -2.30. The number of benzene rings is 1. The number of methoxy groups -OCH3 is 1. The molecule has 1 aliphatic rings. The Balaban J connectivity index is 2.07. The SMILES string of the molecule is COc1cccc(C2(CNC(=O)NC(C)CO)CCCC2)c1. The van der Waals surface area contributed by atoms with Crippen molar-refractivity contribution in [3.05, 3.63) is 29.8 Å². The number of carbonyl (C=O) groups excluding carboxylic acids is 1. The summed E-state index contributed by atoms with van der Waals surface area (Å²) >= 11 is 0. The molecule has 22 heavy (non-hydrogen) atoms. The van der Waals surface area contributed by atoms with Crippen LogP contribution in [0.4, 0.5) is 4.79 Å². The van der Waals surface area contributed by atoms with Crippen LogP contribution in [0.15, 0.2) is 24.3 Å². The second-order valence-corrected chi connectivity index (χ2v) is 6.13. The number of aliphatic hydroxyl groups is 1. The number of rotatable bonds is 6. The van der Waals surface area contributed by atoms with Gasteiger partial charge in [0.25, 0.3) is 0 Å². The summed E-state index contributed by atoms with van der Waals surface area (Å²) in [6, 6.07) is 7.66. The van der Waals surface area contributed by atoms with Crippen molar-refractivity contribution in [2.45, 2.75) is 44.1 Å². The molecule has 1 atom stereocenters. The zero-order valence-corrected chi connectivity index (χ0v) is 13.4. The molecule has 0 heterocycles. The average molecular weight is 306 g/mol. The Bertz CT molecular complexity index is 498. The normalized spacial score (nSPS) is 17.8. The molecule has 0 saturated heterocycles. The van der Waals surface area contributed by atoms with Gasteiger partial charge in [0.05, 0.1) is 19.8 Å². The fourth-order valence-corrected chi connectivity index (χ4v) is 3.14. The third-order valence-electron chi connectivity index (χ3n) is 4.48. The molecule has 3 N–H and O–H groups in total. The molecular weight excluding hydrogens is 280 g/mol. The Morgan fingerprint density at radius 3 is 2.77 bits per heavy atom. The quantitative estimate of drug-likeness (QED) is 0.754. The van der Waals surface area contributed by atoms with E-state index in [2.05, 4.69) is 22.8 Å². The highest BCUT2D eigenvalue weighted by Crippen LogP contribution is 2.41. The minimum atomic E-state index is -0.239. The Hall–Kier alpha value is -1.75. The van der Waals surface area contributed by atoms with Gasteiger partial charge in [-0.2, -0.15) is 0 Å². The highest BCUT2D eigenvalue weighted by Gasteiger charge is 2.36. The first-order valence-corrected chi connectivity index (χ1v) is 7.89. The van der Waals surface area contributed by atoms with Crippen molar-refractivity contribution in [2.75, 3.05) is 20.3 Å². The summed E-state index contributed by atoms with van der Waals surface area (Å²) < 4.78 is 5.32. The number of nitrogens with one attached hydrogen (secondary N) is 2. The van der Waals surface area contributed by atoms with Gasteiger partial charge in [0.2, 0.25) is 0 Å². The van der Waals surface area contributed by atoms with Gasteiger partial charge in [0, 0.05) is 12.0 Å². The van der Waals surface area contributed by atoms with E-state index in [1.165, 1.54) is 18.4 Å². The summed E-state index contributed by atoms with van der Waals surface area (Å²) in [4.78, 5) is 11.9. The van der Waals surface area contributed by atoms with E-state index in [0.29, 0.717) is 6.54 Å². The van der Waals surface area contributed by atoms with Crippen molar-refractivity contribution in [3.8, 4) is 5.75 Å². The second kappa shape index (κ2) is 7.49. The van der Waals surface area contributed by atoms with Crippen LogP contribution in [0.5, 0.6) is 5.75 Å². The molecule has 2 amide bonds. The molecule has 0 aromatic heterocycles. The first kappa shape index (κ1) is 16.6. The van der Waals surface area contributed by atoms with E-state index in [1.54, 1.807) is 14.0 Å². The van der Waals surface area contributed by atoms with Gasteiger partial charge in [-0.1, -0.05) is 25.0 Å². The largest absolute Gasteiger partial charge is 0.497 e. The van der Waals surface area contributed by atoms with Crippen LogP contribution in [0.2, 0.25) is 0 Å². The molecule has 0 radical (unpaired) electrons. The van der Waals surface area contributed by atoms with Gasteiger partial charge in [-0.3, -0.25) is 0 Å². The van der Waals surface area contributed by atoms with Crippen molar-refractivity contribution >= 4 is 6.03 Å². The minimum Gasteiger partial charge on any atom is -0.497 e. The number of aliphatic hydroxyl groups excluding tert-OH is 1. The topological polar surface area (TPSA) is 70.6 Å². The van der Waals surface area contributed by atoms with Crippen LogP contribution in [-0.2, 0) is 5.41 Å². The van der Waals surface area contributed by atoms with Gasteiger partial charge in [-0.15, -0.1) is 0 Å². The predicted molar refractivity (Wildman–Crippen MR) is 86.2 cm³/mol. The number of hydrogen-bond acceptors (Lipinski definition) is 3. The molecule has 2 rings (SSSR count). The molecule has 1 aliphatic carbocycles. The van der Waals surface area contributed by atoms with Crippen LogP contribution in [-0.4, -0.2) is 37.4 Å². The number of urea groups is 1. The molecule has 5 heteroatoms. The van der Waals surface area contributed by atoms with Crippen molar-refractivity contribution in [2.24, 2.45) is 0 Å². The van der Waals surface area contributed by atoms with E-state index in [9.17, 15) is 4.79 Å². The van der Waals surface area contributed by atoms with Crippen LogP contribution < -0.4 is 15.4 Å². The standard InChI is InChI=1S/C17H26N2O3/c1-13(11-20)19-16(21)18-12-17(8-3-4-9-17)14-6-5-7-15(10-14)22-2/h5-7,10,13,20H,3-4,8-9,11-12H2,1-2H3,(H2,18,19,21). The molecular formula is C17H26N2O3. The molecule has 0 aliphatic heterocycles. The summed E-state index contributed by atoms with van der Waals surface area (Å²) in [5.41, 5.74) is 1.20. The number of hydrogen-bond donors (Lipinski definition) is 3. The maximum atomic E-state index is 11.9. The van der Waals surface area contributed by atoms with Crippen molar-refractivity contribution in [1.82, 2.24) is 10.6 Å². The predicted octanol–water partition coefficient (Wildman–Crippen LogP) is 2.19. The van der Waals surface area contributed by atoms with Crippen LogP contribution in [0.25, 0.3) is 0 Å². The zero-order valence-electron chi connectivity index (χ0n) is 13.4. The van der Waals surface area contributed by atoms with E-state index in [4.69, 9.17) is 9.84 Å². The number of ether oxygens (including phenoxy) is 1. The minimum absolute atomic E-state index is 0.0195. The van der Waals surface area contributed by atoms with Gasteiger partial charge < -0.3 is 20.5 Å². The average Bonchev–Trinajstić information content (AvgIpc) is 3.03. The lowest BCUT2D eigenvalue weighted by molar-refractivity contribution is 0.218. The summed E-state index contributed by atoms with van der Waals surface area (Å²) in [5, 5.41) is 14.7. The van der Waals surface area contributed by atoms with Crippen molar-refractivity contribution < 1.29 is 14.6 Å². The van der Waals surface area contributed by atoms with Gasteiger partial charge in [-0.25, -0.2) is 4.79 Å². The van der Waals surface area contributed by atoms with Crippen molar-refractivity contribution in [1.29, 1.82) is 0 Å². The Morgan fingerprint density at radius 2 is 2.14 bits per heavy atom. The molecule has 1 saturated carbocycles. The van der Waals surface area contributed by atoms with Crippen LogP contribution >= 0.6 is 0 Å². The Morgan fingerprint density at radius 1 is 1.41 bits per heavy atom. The highest BCUT2D eigenvalue weighted by atomic mass is 16.5. The van der Waals surface area contributed by atoms with Crippen LogP contribution in [0.3, 0.4) is 0 Å². The number of carbonyl (C=O) groups is 1. The smallest absolute Gasteiger partial charge is 0.315 e. The molecule has 0 bridgehead atoms. The van der Waals surface area contributed by atoms with E-state index in [0.717, 1.165) is 18.6 Å². The summed E-state index contributed by atoms with van der Waals surface area (Å²) in [5.74, 6) is 0.849. The maximum Gasteiger partial charge on any atom is 0.315 e. The maximum absolute atomic E-state index is 11.9. The van der Waals surface area contributed by atoms with E-state index in [1.807, 2.05) is 12.1 Å². The number of amides is 2. The van der Waals surface area contributed by atoms with Crippen LogP contribution in [0.1, 0.15) is 38.2 Å². The summed E-state index contributed by atoms with van der Waals surface area (Å²) in [6.07, 6.45) is 4.48. The van der Waals surface area contributed by atoms with E-state index in [-0.39, 0.29) is 24.1 Å². The monoisotopic (exact) mass is 306 g/mol.